The number of hydrogen-bond donors (Lipinski definition) is 0. The van der Waals surface area contributed by atoms with Crippen LogP contribution in [0.5, 0.6) is 0 Å². The van der Waals surface area contributed by atoms with E-state index in [0.717, 1.165) is 38.4 Å². The molecule has 0 bridgehead atoms. The predicted molar refractivity (Wildman–Crippen MR) is 91.1 cm³/mol. The van der Waals surface area contributed by atoms with Gasteiger partial charge >= 0.3 is 6.09 Å². The van der Waals surface area contributed by atoms with Crippen LogP contribution in [0.1, 0.15) is 46.3 Å². The summed E-state index contributed by atoms with van der Waals surface area (Å²) in [4.78, 5) is 16.1. The van der Waals surface area contributed by atoms with Crippen LogP contribution < -0.4 is 4.90 Å². The van der Waals surface area contributed by atoms with Crippen LogP contribution in [0.4, 0.5) is 10.6 Å². The van der Waals surface area contributed by atoms with Crippen LogP contribution in [0.2, 0.25) is 0 Å². The van der Waals surface area contributed by atoms with Gasteiger partial charge in [-0.3, -0.25) is 0 Å². The number of aromatic nitrogens is 2. The molecular weight excluding hydrogens is 308 g/mol. The Morgan fingerprint density at radius 1 is 1.25 bits per heavy atom. The molecule has 1 amide bonds. The molecule has 0 N–H and O–H groups in total. The monoisotopic (exact) mass is 336 g/mol. The molecule has 2 aliphatic heterocycles. The molecule has 1 aromatic rings. The molecule has 2 aliphatic rings. The van der Waals surface area contributed by atoms with Crippen LogP contribution in [0.15, 0.2) is 12.3 Å². The molecule has 7 nitrogen and oxygen atoms in total. The van der Waals surface area contributed by atoms with Gasteiger partial charge in [0.25, 0.3) is 0 Å². The zero-order valence-electron chi connectivity index (χ0n) is 14.9. The summed E-state index contributed by atoms with van der Waals surface area (Å²) in [5, 5.41) is 4.67. The number of hydrogen-bond acceptors (Lipinski definition) is 5. The molecule has 1 aromatic heterocycles. The second-order valence-electron chi connectivity index (χ2n) is 7.43. The second-order valence-corrected chi connectivity index (χ2v) is 7.43. The minimum Gasteiger partial charge on any atom is -0.444 e. The molecule has 0 aliphatic carbocycles. The van der Waals surface area contributed by atoms with Crippen molar-refractivity contribution in [2.45, 2.75) is 51.9 Å². The minimum atomic E-state index is -0.451. The number of carbonyl (C=O) groups excluding carboxylic acids is 1. The standard InChI is InChI=1S/C17H28N4O3/c1-17(2,3)24-16(22)20-11-9-19(10-12-20)14-7-8-21(18-14)15-6-4-5-13-23-15/h7-8,15H,4-6,9-13H2,1-3H3. The summed E-state index contributed by atoms with van der Waals surface area (Å²) in [5.74, 6) is 0.952. The van der Waals surface area contributed by atoms with E-state index in [1.165, 1.54) is 6.42 Å². The topological polar surface area (TPSA) is 59.8 Å². The third kappa shape index (κ3) is 4.20. The van der Waals surface area contributed by atoms with E-state index in [0.29, 0.717) is 13.1 Å². The number of anilines is 1. The van der Waals surface area contributed by atoms with Crippen molar-refractivity contribution in [1.29, 1.82) is 0 Å². The highest BCUT2D eigenvalue weighted by Crippen LogP contribution is 2.24. The minimum absolute atomic E-state index is 0.0653. The van der Waals surface area contributed by atoms with Gasteiger partial charge in [0, 0.05) is 45.0 Å². The van der Waals surface area contributed by atoms with Gasteiger partial charge in [0.2, 0.25) is 0 Å². The van der Waals surface area contributed by atoms with Crippen molar-refractivity contribution in [3.63, 3.8) is 0 Å². The van der Waals surface area contributed by atoms with Crippen molar-refractivity contribution in [1.82, 2.24) is 14.7 Å². The van der Waals surface area contributed by atoms with Crippen molar-refractivity contribution in [3.05, 3.63) is 12.3 Å². The summed E-state index contributed by atoms with van der Waals surface area (Å²) >= 11 is 0. The van der Waals surface area contributed by atoms with E-state index in [-0.39, 0.29) is 12.3 Å². The number of amides is 1. The number of rotatable bonds is 2. The highest BCUT2D eigenvalue weighted by molar-refractivity contribution is 5.68. The van der Waals surface area contributed by atoms with Crippen LogP contribution in [-0.2, 0) is 9.47 Å². The first kappa shape index (κ1) is 17.1. The summed E-state index contributed by atoms with van der Waals surface area (Å²) in [5.41, 5.74) is -0.451. The maximum Gasteiger partial charge on any atom is 0.410 e. The van der Waals surface area contributed by atoms with Crippen LogP contribution in [-0.4, -0.2) is 59.2 Å². The Morgan fingerprint density at radius 2 is 2.00 bits per heavy atom. The van der Waals surface area contributed by atoms with Gasteiger partial charge in [0.15, 0.2) is 5.82 Å². The van der Waals surface area contributed by atoms with Crippen molar-refractivity contribution in [2.75, 3.05) is 37.7 Å². The smallest absolute Gasteiger partial charge is 0.410 e. The van der Waals surface area contributed by atoms with Gasteiger partial charge in [-0.25, -0.2) is 9.48 Å². The van der Waals surface area contributed by atoms with Crippen molar-refractivity contribution < 1.29 is 14.3 Å². The lowest BCUT2D eigenvalue weighted by atomic mass is 10.2. The van der Waals surface area contributed by atoms with Crippen LogP contribution in [0, 0.1) is 0 Å². The molecule has 0 radical (unpaired) electrons. The Labute approximate surface area is 143 Å². The second kappa shape index (κ2) is 7.01. The van der Waals surface area contributed by atoms with Gasteiger partial charge in [0.05, 0.1) is 0 Å². The van der Waals surface area contributed by atoms with Crippen LogP contribution in [0.25, 0.3) is 0 Å². The quantitative estimate of drug-likeness (QED) is 0.831. The summed E-state index contributed by atoms with van der Waals surface area (Å²) in [6, 6.07) is 2.03. The fourth-order valence-corrected chi connectivity index (χ4v) is 3.03. The first-order valence-corrected chi connectivity index (χ1v) is 8.82. The highest BCUT2D eigenvalue weighted by atomic mass is 16.6. The average molecular weight is 336 g/mol. The highest BCUT2D eigenvalue weighted by Gasteiger charge is 2.27. The fraction of sp³-hybridized carbons (Fsp3) is 0.765. The number of nitrogens with zero attached hydrogens (tertiary/aromatic N) is 4. The molecule has 2 fully saturated rings. The van der Waals surface area contributed by atoms with E-state index < -0.39 is 5.60 Å². The zero-order chi connectivity index (χ0) is 17.2. The normalized spacial score (nSPS) is 22.5. The lowest BCUT2D eigenvalue weighted by Gasteiger charge is -2.35. The summed E-state index contributed by atoms with van der Waals surface area (Å²) < 4.78 is 13.1. The Kier molecular flexibility index (Phi) is 4.99. The van der Waals surface area contributed by atoms with E-state index in [4.69, 9.17) is 9.47 Å². The van der Waals surface area contributed by atoms with Gasteiger partial charge in [-0.05, 0) is 40.0 Å². The van der Waals surface area contributed by atoms with E-state index >= 15 is 0 Å². The van der Waals surface area contributed by atoms with E-state index in [1.54, 1.807) is 4.90 Å². The van der Waals surface area contributed by atoms with Gasteiger partial charge in [-0.2, -0.15) is 5.10 Å². The van der Waals surface area contributed by atoms with Gasteiger partial charge in [-0.15, -0.1) is 0 Å². The molecule has 0 aromatic carbocycles. The van der Waals surface area contributed by atoms with Crippen LogP contribution >= 0.6 is 0 Å². The molecular formula is C17H28N4O3. The molecule has 3 rings (SSSR count). The Hall–Kier alpha value is -1.76. The third-order valence-corrected chi connectivity index (χ3v) is 4.30. The zero-order valence-corrected chi connectivity index (χ0v) is 14.9. The third-order valence-electron chi connectivity index (χ3n) is 4.30. The van der Waals surface area contributed by atoms with Crippen molar-refractivity contribution >= 4 is 11.9 Å². The molecule has 7 heteroatoms. The van der Waals surface area contributed by atoms with E-state index in [9.17, 15) is 4.79 Å². The molecule has 3 heterocycles. The molecule has 0 saturated carbocycles. The molecule has 24 heavy (non-hydrogen) atoms. The van der Waals surface area contributed by atoms with Gasteiger partial charge in [0.1, 0.15) is 11.8 Å². The van der Waals surface area contributed by atoms with Gasteiger partial charge < -0.3 is 19.3 Å². The Morgan fingerprint density at radius 3 is 2.62 bits per heavy atom. The predicted octanol–water partition coefficient (Wildman–Crippen LogP) is 2.64. The summed E-state index contributed by atoms with van der Waals surface area (Å²) in [6.07, 6.45) is 5.17. The maximum atomic E-state index is 12.1. The molecule has 1 unspecified atom stereocenters. The largest absolute Gasteiger partial charge is 0.444 e. The molecule has 1 atom stereocenters. The van der Waals surface area contributed by atoms with E-state index in [2.05, 4.69) is 10.00 Å². The Bertz CT molecular complexity index is 552. The molecule has 2 saturated heterocycles. The summed E-state index contributed by atoms with van der Waals surface area (Å²) in [7, 11) is 0. The number of piperazine rings is 1. The number of ether oxygens (including phenoxy) is 2. The maximum absolute atomic E-state index is 12.1. The SMILES string of the molecule is CC(C)(C)OC(=O)N1CCN(c2ccn(C3CCCCO3)n2)CC1. The molecule has 134 valence electrons. The van der Waals surface area contributed by atoms with Crippen molar-refractivity contribution in [2.24, 2.45) is 0 Å². The first-order chi connectivity index (χ1) is 11.4. The Balaban J connectivity index is 1.53. The lowest BCUT2D eigenvalue weighted by Crippen LogP contribution is -2.50. The van der Waals surface area contributed by atoms with Crippen LogP contribution in [0.3, 0.4) is 0 Å². The lowest BCUT2D eigenvalue weighted by molar-refractivity contribution is -0.0393. The summed E-state index contributed by atoms with van der Waals surface area (Å²) in [6.45, 7) is 9.32. The van der Waals surface area contributed by atoms with Crippen molar-refractivity contribution in [3.8, 4) is 0 Å². The number of carbonyl (C=O) groups is 1. The van der Waals surface area contributed by atoms with Gasteiger partial charge in [-0.1, -0.05) is 0 Å². The van der Waals surface area contributed by atoms with E-state index in [1.807, 2.05) is 37.7 Å². The fourth-order valence-electron chi connectivity index (χ4n) is 3.03. The first-order valence-electron chi connectivity index (χ1n) is 8.82. The molecule has 0 spiro atoms. The average Bonchev–Trinajstić information content (AvgIpc) is 3.04.